The highest BCUT2D eigenvalue weighted by Gasteiger charge is 2.51. The van der Waals surface area contributed by atoms with Gasteiger partial charge in [0.15, 0.2) is 0 Å². The fourth-order valence-electron chi connectivity index (χ4n) is 10.8. The normalized spacial score (nSPS) is 18.1. The number of carboxylic acid groups (broad SMARTS) is 4. The van der Waals surface area contributed by atoms with Crippen molar-refractivity contribution in [2.24, 2.45) is 29.6 Å². The van der Waals surface area contributed by atoms with E-state index in [0.717, 1.165) is 73.1 Å². The van der Waals surface area contributed by atoms with Crippen molar-refractivity contribution in [3.8, 4) is 17.2 Å². The zero-order valence-corrected chi connectivity index (χ0v) is 54.5. The van der Waals surface area contributed by atoms with Crippen LogP contribution in [-0.4, -0.2) is 59.6 Å². The number of aromatic carboxylic acids is 3. The molecule has 6 aromatic carbocycles. The summed E-state index contributed by atoms with van der Waals surface area (Å²) in [6.07, 6.45) is 8.54. The zero-order valence-electron chi connectivity index (χ0n) is 54.5. The fourth-order valence-corrected chi connectivity index (χ4v) is 10.8. The molecule has 11 atom stereocenters. The molecule has 6 aromatic rings. The van der Waals surface area contributed by atoms with Crippen LogP contribution in [0, 0.1) is 43.4 Å². The summed E-state index contributed by atoms with van der Waals surface area (Å²) >= 11 is 0. The van der Waals surface area contributed by atoms with Gasteiger partial charge in [0.1, 0.15) is 17.2 Å². The number of aryl methyl sites for hydroxylation is 2. The van der Waals surface area contributed by atoms with Crippen LogP contribution in [0.15, 0.2) is 133 Å². The molecule has 0 heterocycles. The Morgan fingerprint density at radius 3 is 1.29 bits per heavy atom. The van der Waals surface area contributed by atoms with Crippen LogP contribution in [0.1, 0.15) is 259 Å². The van der Waals surface area contributed by atoms with Gasteiger partial charge in [-0.25, -0.2) is 14.4 Å². The van der Waals surface area contributed by atoms with Gasteiger partial charge in [0.25, 0.3) is 0 Å². The standard InChI is InChI=1S/C13H18O2.2C11H14O2.C10H16O2.3C10H14O/c1-5-8(2)11-6-9(3)12(13(14)15)10(4)7-11;1-3-8(2)9-4-6-10(7-5-9)11(12)13;1-3-8(2)9-6-4-5-7-10(9)11(12)13;1-5-6(2)8-3-7(5)4-9(8)10(11)12;1-3-8(2)9-4-6-10(11)7-5-9;1-3-8(2)9-5-4-6-10(11)7-9;1-3-8(2)9-6-4-5-7-10(9)11/h6-8H,5H2,1-4H3,(H,14,15);2*4-8H,3H2,1-2H3,(H,12,13);5-9H,3-4H2,1-2H3,(H,11,12);3*4-8,11H,3H2,1-2H3. The molecule has 7 N–H and O–H groups in total. The van der Waals surface area contributed by atoms with E-state index in [0.29, 0.717) is 87.2 Å². The quantitative estimate of drug-likeness (QED) is 0.0485. The lowest BCUT2D eigenvalue weighted by atomic mass is 9.76. The second kappa shape index (κ2) is 37.9. The second-order valence-corrected chi connectivity index (χ2v) is 23.8. The van der Waals surface area contributed by atoms with Crippen molar-refractivity contribution < 1.29 is 54.9 Å². The molecule has 86 heavy (non-hydrogen) atoms. The molecule has 0 aromatic heterocycles. The van der Waals surface area contributed by atoms with Crippen LogP contribution < -0.4 is 0 Å². The summed E-state index contributed by atoms with van der Waals surface area (Å²) in [5, 5.41) is 63.1. The topological polar surface area (TPSA) is 210 Å². The minimum atomic E-state index is -0.865. The minimum Gasteiger partial charge on any atom is -0.508 e. The van der Waals surface area contributed by atoms with E-state index in [1.165, 1.54) is 28.7 Å². The smallest absolute Gasteiger partial charge is 0.336 e. The summed E-state index contributed by atoms with van der Waals surface area (Å²) in [5.74, 6) is 3.45. The van der Waals surface area contributed by atoms with Gasteiger partial charge in [-0.1, -0.05) is 182 Å². The molecule has 0 radical (unpaired) electrons. The summed E-state index contributed by atoms with van der Waals surface area (Å²) in [4.78, 5) is 43.2. The molecule has 11 unspecified atom stereocenters. The molecule has 2 aliphatic carbocycles. The van der Waals surface area contributed by atoms with E-state index in [9.17, 15) is 24.3 Å². The molecule has 2 aliphatic rings. The molecule has 0 saturated heterocycles. The lowest BCUT2D eigenvalue weighted by Crippen LogP contribution is -2.29. The molecule has 0 aliphatic heterocycles. The number of rotatable bonds is 16. The lowest BCUT2D eigenvalue weighted by Gasteiger charge is -2.29. The van der Waals surface area contributed by atoms with Gasteiger partial charge < -0.3 is 35.7 Å². The first-order valence-corrected chi connectivity index (χ1v) is 31.2. The van der Waals surface area contributed by atoms with E-state index in [1.807, 2.05) is 106 Å². The van der Waals surface area contributed by atoms with E-state index < -0.39 is 23.9 Å². The molecule has 11 heteroatoms. The molecule has 2 fully saturated rings. The van der Waals surface area contributed by atoms with Crippen molar-refractivity contribution in [2.45, 2.75) is 198 Å². The molecule has 8 rings (SSSR count). The number of phenolic OH excluding ortho intramolecular Hbond substituents is 3. The van der Waals surface area contributed by atoms with Crippen molar-refractivity contribution >= 4 is 23.9 Å². The number of benzene rings is 6. The van der Waals surface area contributed by atoms with E-state index in [-0.39, 0.29) is 5.92 Å². The summed E-state index contributed by atoms with van der Waals surface area (Å²) in [5.41, 5.74) is 9.87. The first-order valence-electron chi connectivity index (χ1n) is 31.2. The van der Waals surface area contributed by atoms with Crippen molar-refractivity contribution in [3.63, 3.8) is 0 Å². The molecular formula is C75H104O11. The Bertz CT molecular complexity index is 2960. The first-order chi connectivity index (χ1) is 40.6. The molecule has 2 saturated carbocycles. The molecule has 470 valence electrons. The number of hydrogen-bond donors (Lipinski definition) is 7. The van der Waals surface area contributed by atoms with Crippen molar-refractivity contribution in [2.75, 3.05) is 0 Å². The van der Waals surface area contributed by atoms with Gasteiger partial charge in [-0.05, 0) is 217 Å². The van der Waals surface area contributed by atoms with Crippen molar-refractivity contribution in [1.29, 1.82) is 0 Å². The number of para-hydroxylation sites is 1. The van der Waals surface area contributed by atoms with Gasteiger partial charge in [0.2, 0.25) is 0 Å². The Hall–Kier alpha value is -7.40. The van der Waals surface area contributed by atoms with Gasteiger partial charge in [-0.2, -0.15) is 0 Å². The lowest BCUT2D eigenvalue weighted by molar-refractivity contribution is -0.144. The molecule has 11 nitrogen and oxygen atoms in total. The summed E-state index contributed by atoms with van der Waals surface area (Å²) in [6.45, 7) is 33.8. The predicted molar refractivity (Wildman–Crippen MR) is 352 cm³/mol. The highest BCUT2D eigenvalue weighted by Crippen LogP contribution is 2.55. The number of fused-ring (bicyclic) bond motifs is 2. The highest BCUT2D eigenvalue weighted by atomic mass is 16.4. The summed E-state index contributed by atoms with van der Waals surface area (Å²) in [7, 11) is 0. The number of carboxylic acids is 4. The third-order valence-corrected chi connectivity index (χ3v) is 18.0. The minimum absolute atomic E-state index is 0.0267. The Kier molecular flexibility index (Phi) is 32.9. The van der Waals surface area contributed by atoms with Crippen LogP contribution in [0.4, 0.5) is 0 Å². The number of carbonyl (C=O) groups is 4. The van der Waals surface area contributed by atoms with E-state index >= 15 is 0 Å². The molecule has 0 amide bonds. The van der Waals surface area contributed by atoms with E-state index in [1.54, 1.807) is 48.5 Å². The van der Waals surface area contributed by atoms with Crippen molar-refractivity contribution in [1.82, 2.24) is 0 Å². The molecule has 2 bridgehead atoms. The zero-order chi connectivity index (χ0) is 65.0. The number of hydrogen-bond acceptors (Lipinski definition) is 7. The summed E-state index contributed by atoms with van der Waals surface area (Å²) < 4.78 is 0. The maximum atomic E-state index is 11.0. The van der Waals surface area contributed by atoms with Gasteiger partial charge in [-0.15, -0.1) is 0 Å². The summed E-state index contributed by atoms with van der Waals surface area (Å²) in [6, 6.07) is 40.7. The predicted octanol–water partition coefficient (Wildman–Crippen LogP) is 20.0. The van der Waals surface area contributed by atoms with Crippen LogP contribution in [0.25, 0.3) is 0 Å². The van der Waals surface area contributed by atoms with Crippen LogP contribution in [0.2, 0.25) is 0 Å². The second-order valence-electron chi connectivity index (χ2n) is 23.8. The molecular weight excluding hydrogens is 1080 g/mol. The van der Waals surface area contributed by atoms with Crippen molar-refractivity contribution in [3.05, 3.63) is 195 Å². The van der Waals surface area contributed by atoms with E-state index in [2.05, 4.69) is 90.0 Å². The Morgan fingerprint density at radius 1 is 0.430 bits per heavy atom. The third-order valence-electron chi connectivity index (χ3n) is 18.0. The van der Waals surface area contributed by atoms with E-state index in [4.69, 9.17) is 30.6 Å². The Morgan fingerprint density at radius 2 is 0.872 bits per heavy atom. The SMILES string of the molecule is CC1C2CC(C(=O)O)C(C2)C1C.CCC(C)c1cc(C)c(C(=O)O)c(C)c1.CCC(C)c1ccc(C(=O)O)cc1.CCC(C)c1ccc(O)cc1.CCC(C)c1cccc(O)c1.CCC(C)c1ccccc1C(=O)O.CCC(C)c1ccccc1O. The third kappa shape index (κ3) is 23.5. The highest BCUT2D eigenvalue weighted by molar-refractivity contribution is 5.91. The van der Waals surface area contributed by atoms with Crippen LogP contribution in [0.3, 0.4) is 0 Å². The largest absolute Gasteiger partial charge is 0.508 e. The monoisotopic (exact) mass is 1180 g/mol. The Balaban J connectivity index is 0.000000343. The number of aliphatic carboxylic acids is 1. The van der Waals surface area contributed by atoms with Gasteiger partial charge in [0.05, 0.1) is 22.6 Å². The van der Waals surface area contributed by atoms with Gasteiger partial charge in [-0.3, -0.25) is 4.79 Å². The average molecular weight is 1180 g/mol. The van der Waals surface area contributed by atoms with Gasteiger partial charge >= 0.3 is 23.9 Å². The first kappa shape index (κ1) is 74.7. The molecule has 0 spiro atoms. The maximum absolute atomic E-state index is 11.0. The maximum Gasteiger partial charge on any atom is 0.336 e. The van der Waals surface area contributed by atoms with Crippen LogP contribution >= 0.6 is 0 Å². The van der Waals surface area contributed by atoms with Crippen LogP contribution in [-0.2, 0) is 4.79 Å². The number of phenols is 3. The van der Waals surface area contributed by atoms with Gasteiger partial charge in [0, 0.05) is 0 Å². The van der Waals surface area contributed by atoms with Crippen LogP contribution in [0.5, 0.6) is 17.2 Å². The number of aromatic hydroxyl groups is 3. The Labute approximate surface area is 515 Å². The fraction of sp³-hybridized carbons (Fsp3) is 0.467. The average Bonchev–Trinajstić information content (AvgIpc) is 1.87.